The fourth-order valence-electron chi connectivity index (χ4n) is 2.16. The summed E-state index contributed by atoms with van der Waals surface area (Å²) in [5.41, 5.74) is 10.7. The molecule has 18 heavy (non-hydrogen) atoms. The van der Waals surface area contributed by atoms with Crippen LogP contribution in [0, 0.1) is 0 Å². The van der Waals surface area contributed by atoms with E-state index in [2.05, 4.69) is 48.3 Å². The van der Waals surface area contributed by atoms with Gasteiger partial charge in [-0.1, -0.05) is 44.5 Å². The van der Waals surface area contributed by atoms with Crippen LogP contribution in [-0.4, -0.2) is 10.2 Å². The Labute approximate surface area is 108 Å². The Balaban J connectivity index is 2.32. The molecule has 0 spiro atoms. The van der Waals surface area contributed by atoms with Gasteiger partial charge in [-0.25, -0.2) is 0 Å². The van der Waals surface area contributed by atoms with Gasteiger partial charge < -0.3 is 5.73 Å². The number of hydrogen-bond acceptors (Lipinski definition) is 2. The third-order valence-electron chi connectivity index (χ3n) is 3.30. The Bertz CT molecular complexity index is 497. The zero-order chi connectivity index (χ0) is 13.0. The Morgan fingerprint density at radius 1 is 1.17 bits per heavy atom. The van der Waals surface area contributed by atoms with Crippen molar-refractivity contribution in [1.29, 1.82) is 0 Å². The molecule has 0 radical (unpaired) electrons. The maximum atomic E-state index is 5.97. The van der Waals surface area contributed by atoms with Crippen LogP contribution in [0.3, 0.4) is 0 Å². The van der Waals surface area contributed by atoms with Crippen molar-refractivity contribution in [2.24, 2.45) is 0 Å². The van der Waals surface area contributed by atoms with Crippen LogP contribution in [-0.2, 0) is 12.8 Å². The predicted molar refractivity (Wildman–Crippen MR) is 76.4 cm³/mol. The van der Waals surface area contributed by atoms with E-state index in [1.807, 2.05) is 0 Å². The molecule has 0 atom stereocenters. The second-order valence-corrected chi connectivity index (χ2v) is 4.62. The van der Waals surface area contributed by atoms with Crippen molar-refractivity contribution in [3.63, 3.8) is 0 Å². The molecule has 3 heteroatoms. The summed E-state index contributed by atoms with van der Waals surface area (Å²) >= 11 is 0. The molecule has 1 aromatic heterocycles. The molecule has 0 aliphatic rings. The number of anilines is 1. The van der Waals surface area contributed by atoms with Crippen molar-refractivity contribution in [3.8, 4) is 11.1 Å². The third kappa shape index (κ3) is 2.55. The maximum Gasteiger partial charge on any atom is 0.153 e. The number of benzene rings is 1. The van der Waals surface area contributed by atoms with E-state index in [0.29, 0.717) is 5.82 Å². The molecule has 1 aromatic carbocycles. The van der Waals surface area contributed by atoms with Crippen molar-refractivity contribution >= 4 is 5.82 Å². The standard InChI is InChI=1S/C15H21N3/c1-3-5-6-13-14(15(16)18-17-13)12-9-7-11(4-2)8-10-12/h7-10H,3-6H2,1-2H3,(H3,16,17,18). The number of nitrogens with zero attached hydrogens (tertiary/aromatic N) is 1. The minimum absolute atomic E-state index is 0.602. The van der Waals surface area contributed by atoms with Crippen molar-refractivity contribution in [1.82, 2.24) is 10.2 Å². The van der Waals surface area contributed by atoms with Gasteiger partial charge in [0.2, 0.25) is 0 Å². The van der Waals surface area contributed by atoms with Gasteiger partial charge in [-0.15, -0.1) is 0 Å². The molecule has 0 amide bonds. The predicted octanol–water partition coefficient (Wildman–Crippen LogP) is 3.56. The van der Waals surface area contributed by atoms with Gasteiger partial charge in [0.1, 0.15) is 0 Å². The maximum absolute atomic E-state index is 5.97. The van der Waals surface area contributed by atoms with Crippen molar-refractivity contribution in [2.45, 2.75) is 39.5 Å². The third-order valence-corrected chi connectivity index (χ3v) is 3.30. The van der Waals surface area contributed by atoms with Gasteiger partial charge in [-0.2, -0.15) is 5.10 Å². The van der Waals surface area contributed by atoms with Gasteiger partial charge in [-0.05, 0) is 30.4 Å². The van der Waals surface area contributed by atoms with E-state index < -0.39 is 0 Å². The fourth-order valence-corrected chi connectivity index (χ4v) is 2.16. The van der Waals surface area contributed by atoms with Crippen LogP contribution in [0.1, 0.15) is 37.9 Å². The van der Waals surface area contributed by atoms with Gasteiger partial charge in [-0.3, -0.25) is 5.10 Å². The van der Waals surface area contributed by atoms with E-state index in [4.69, 9.17) is 5.73 Å². The van der Waals surface area contributed by atoms with E-state index in [9.17, 15) is 0 Å². The first-order valence-corrected chi connectivity index (χ1v) is 6.68. The number of rotatable bonds is 5. The number of hydrogen-bond donors (Lipinski definition) is 2. The summed E-state index contributed by atoms with van der Waals surface area (Å²) in [6.45, 7) is 4.35. The number of aromatic nitrogens is 2. The second kappa shape index (κ2) is 5.71. The summed E-state index contributed by atoms with van der Waals surface area (Å²) < 4.78 is 0. The molecule has 2 aromatic rings. The number of aryl methyl sites for hydroxylation is 2. The van der Waals surface area contributed by atoms with Gasteiger partial charge in [0.15, 0.2) is 5.82 Å². The molecule has 3 nitrogen and oxygen atoms in total. The number of nitrogens with one attached hydrogen (secondary N) is 1. The van der Waals surface area contributed by atoms with E-state index in [1.165, 1.54) is 12.0 Å². The molecule has 0 unspecified atom stereocenters. The van der Waals surface area contributed by atoms with Crippen molar-refractivity contribution < 1.29 is 0 Å². The van der Waals surface area contributed by atoms with E-state index in [-0.39, 0.29) is 0 Å². The molecule has 0 aliphatic carbocycles. The lowest BCUT2D eigenvalue weighted by Crippen LogP contribution is -1.92. The van der Waals surface area contributed by atoms with E-state index in [0.717, 1.165) is 36.1 Å². The topological polar surface area (TPSA) is 54.7 Å². The summed E-state index contributed by atoms with van der Waals surface area (Å²) in [6, 6.07) is 8.59. The van der Waals surface area contributed by atoms with Crippen LogP contribution < -0.4 is 5.73 Å². The molecular formula is C15H21N3. The highest BCUT2D eigenvalue weighted by molar-refractivity contribution is 5.76. The van der Waals surface area contributed by atoms with Crippen LogP contribution in [0.4, 0.5) is 5.82 Å². The fraction of sp³-hybridized carbons (Fsp3) is 0.400. The number of nitrogens with two attached hydrogens (primary N) is 1. The van der Waals surface area contributed by atoms with Crippen molar-refractivity contribution in [2.75, 3.05) is 5.73 Å². The lowest BCUT2D eigenvalue weighted by Gasteiger charge is -2.05. The highest BCUT2D eigenvalue weighted by Crippen LogP contribution is 2.29. The Morgan fingerprint density at radius 3 is 2.50 bits per heavy atom. The summed E-state index contributed by atoms with van der Waals surface area (Å²) in [6.07, 6.45) is 4.39. The highest BCUT2D eigenvalue weighted by Gasteiger charge is 2.12. The molecule has 0 saturated heterocycles. The molecule has 0 bridgehead atoms. The Morgan fingerprint density at radius 2 is 1.89 bits per heavy atom. The summed E-state index contributed by atoms with van der Waals surface area (Å²) in [5, 5.41) is 7.20. The Kier molecular flexibility index (Phi) is 4.03. The zero-order valence-corrected chi connectivity index (χ0v) is 11.2. The minimum atomic E-state index is 0.602. The smallest absolute Gasteiger partial charge is 0.153 e. The highest BCUT2D eigenvalue weighted by atomic mass is 15.2. The van der Waals surface area contributed by atoms with E-state index in [1.54, 1.807) is 0 Å². The summed E-state index contributed by atoms with van der Waals surface area (Å²) in [4.78, 5) is 0. The number of unbranched alkanes of at least 4 members (excludes halogenated alkanes) is 1. The molecule has 2 rings (SSSR count). The molecule has 1 heterocycles. The number of aromatic amines is 1. The molecule has 96 valence electrons. The Hall–Kier alpha value is -1.77. The molecule has 0 aliphatic heterocycles. The van der Waals surface area contributed by atoms with Crippen LogP contribution in [0.15, 0.2) is 24.3 Å². The second-order valence-electron chi connectivity index (χ2n) is 4.62. The van der Waals surface area contributed by atoms with Gasteiger partial charge in [0, 0.05) is 11.3 Å². The average Bonchev–Trinajstić information content (AvgIpc) is 2.77. The van der Waals surface area contributed by atoms with Gasteiger partial charge in [0.05, 0.1) is 0 Å². The lowest BCUT2D eigenvalue weighted by molar-refractivity contribution is 0.773. The van der Waals surface area contributed by atoms with Crippen LogP contribution in [0.25, 0.3) is 11.1 Å². The first-order chi connectivity index (χ1) is 8.76. The molecular weight excluding hydrogens is 222 g/mol. The van der Waals surface area contributed by atoms with Crippen LogP contribution in [0.2, 0.25) is 0 Å². The van der Waals surface area contributed by atoms with Crippen LogP contribution in [0.5, 0.6) is 0 Å². The zero-order valence-electron chi connectivity index (χ0n) is 11.2. The molecule has 0 saturated carbocycles. The van der Waals surface area contributed by atoms with Gasteiger partial charge in [0.25, 0.3) is 0 Å². The lowest BCUT2D eigenvalue weighted by atomic mass is 10.0. The first-order valence-electron chi connectivity index (χ1n) is 6.68. The number of nitrogen functional groups attached to an aromatic ring is 1. The van der Waals surface area contributed by atoms with Gasteiger partial charge >= 0.3 is 0 Å². The minimum Gasteiger partial charge on any atom is -0.382 e. The summed E-state index contributed by atoms with van der Waals surface area (Å²) in [7, 11) is 0. The SMILES string of the molecule is CCCCc1[nH]nc(N)c1-c1ccc(CC)cc1. The molecule has 3 N–H and O–H groups in total. The van der Waals surface area contributed by atoms with Crippen LogP contribution >= 0.6 is 0 Å². The van der Waals surface area contributed by atoms with Crippen molar-refractivity contribution in [3.05, 3.63) is 35.5 Å². The first kappa shape index (κ1) is 12.7. The molecule has 0 fully saturated rings. The normalized spacial score (nSPS) is 10.8. The largest absolute Gasteiger partial charge is 0.382 e. The summed E-state index contributed by atoms with van der Waals surface area (Å²) in [5.74, 6) is 0.602. The number of H-pyrrole nitrogens is 1. The monoisotopic (exact) mass is 243 g/mol. The average molecular weight is 243 g/mol. The van der Waals surface area contributed by atoms with E-state index >= 15 is 0 Å². The quantitative estimate of drug-likeness (QED) is 0.843.